The molecule has 0 aliphatic carbocycles. The molecule has 0 radical (unpaired) electrons. The number of aryl methyl sites for hydroxylation is 2. The molecule has 2 aromatic carbocycles. The van der Waals surface area contributed by atoms with Crippen molar-refractivity contribution in [2.45, 2.75) is 39.0 Å². The highest BCUT2D eigenvalue weighted by atomic mass is 32.1. The molecule has 0 N–H and O–H groups in total. The van der Waals surface area contributed by atoms with Crippen LogP contribution in [-0.2, 0) is 6.42 Å². The third-order valence-electron chi connectivity index (χ3n) is 5.05. The Labute approximate surface area is 165 Å². The molecule has 0 saturated heterocycles. The van der Waals surface area contributed by atoms with Crippen LogP contribution in [0.15, 0.2) is 59.3 Å². The number of aldehydes is 1. The Morgan fingerprint density at radius 3 is 2.52 bits per heavy atom. The minimum atomic E-state index is 0.513. The van der Waals surface area contributed by atoms with E-state index in [0.717, 1.165) is 31.3 Å². The zero-order chi connectivity index (χ0) is 19.1. The summed E-state index contributed by atoms with van der Waals surface area (Å²) in [6, 6.07) is 16.3. The number of carbonyl (C=O) groups excluding carboxylic acids is 1. The van der Waals surface area contributed by atoms with Gasteiger partial charge in [0.05, 0.1) is 6.61 Å². The zero-order valence-electron chi connectivity index (χ0n) is 16.0. The molecular weight excluding hydrogens is 352 g/mol. The molecule has 3 aromatic rings. The van der Waals surface area contributed by atoms with Gasteiger partial charge in [0, 0.05) is 5.56 Å². The van der Waals surface area contributed by atoms with Gasteiger partial charge < -0.3 is 4.74 Å². The summed E-state index contributed by atoms with van der Waals surface area (Å²) in [4.78, 5) is 10.7. The summed E-state index contributed by atoms with van der Waals surface area (Å²) in [7, 11) is 0. The van der Waals surface area contributed by atoms with Crippen molar-refractivity contribution < 1.29 is 9.53 Å². The molecule has 0 bridgehead atoms. The van der Waals surface area contributed by atoms with Gasteiger partial charge in [-0.15, -0.1) is 0 Å². The largest absolute Gasteiger partial charge is 0.494 e. The highest BCUT2D eigenvalue weighted by molar-refractivity contribution is 7.07. The maximum absolute atomic E-state index is 10.7. The van der Waals surface area contributed by atoms with E-state index < -0.39 is 0 Å². The lowest BCUT2D eigenvalue weighted by atomic mass is 9.89. The summed E-state index contributed by atoms with van der Waals surface area (Å²) in [5, 5.41) is 4.43. The lowest BCUT2D eigenvalue weighted by Crippen LogP contribution is -2.06. The topological polar surface area (TPSA) is 26.3 Å². The number of carbonyl (C=O) groups is 1. The fourth-order valence-corrected chi connectivity index (χ4v) is 4.01. The Hall–Kier alpha value is -2.39. The van der Waals surface area contributed by atoms with Crippen LogP contribution in [-0.4, -0.2) is 12.9 Å². The smallest absolute Gasteiger partial charge is 0.150 e. The molecule has 0 amide bonds. The average Bonchev–Trinajstić information content (AvgIpc) is 3.22. The van der Waals surface area contributed by atoms with Crippen molar-refractivity contribution >= 4 is 17.6 Å². The number of benzene rings is 2. The number of hydrogen-bond acceptors (Lipinski definition) is 3. The lowest BCUT2D eigenvalue weighted by molar-refractivity contribution is 0.112. The number of rotatable bonds is 9. The Morgan fingerprint density at radius 2 is 1.85 bits per heavy atom. The fraction of sp³-hybridized carbons (Fsp3) is 0.292. The molecule has 1 unspecified atom stereocenters. The predicted octanol–water partition coefficient (Wildman–Crippen LogP) is 6.36. The van der Waals surface area contributed by atoms with Gasteiger partial charge in [-0.2, -0.15) is 11.3 Å². The van der Waals surface area contributed by atoms with Crippen LogP contribution in [0.4, 0.5) is 0 Å². The van der Waals surface area contributed by atoms with Crippen molar-refractivity contribution in [1.29, 1.82) is 0 Å². The van der Waals surface area contributed by atoms with Gasteiger partial charge in [-0.1, -0.05) is 18.2 Å². The van der Waals surface area contributed by atoms with Crippen molar-refractivity contribution in [3.05, 3.63) is 87.1 Å². The average molecular weight is 379 g/mol. The molecule has 1 aromatic heterocycles. The molecule has 3 rings (SSSR count). The summed E-state index contributed by atoms with van der Waals surface area (Å²) in [5.41, 5.74) is 6.21. The molecule has 27 heavy (non-hydrogen) atoms. The lowest BCUT2D eigenvalue weighted by Gasteiger charge is -2.17. The van der Waals surface area contributed by atoms with Gasteiger partial charge in [-0.05, 0) is 102 Å². The number of ether oxygens (including phenoxy) is 1. The number of hydrogen-bond donors (Lipinski definition) is 0. The van der Waals surface area contributed by atoms with Crippen LogP contribution in [0.25, 0.3) is 0 Å². The van der Waals surface area contributed by atoms with Gasteiger partial charge in [0.15, 0.2) is 0 Å². The van der Waals surface area contributed by atoms with Gasteiger partial charge in [0.2, 0.25) is 0 Å². The summed E-state index contributed by atoms with van der Waals surface area (Å²) in [6.45, 7) is 5.03. The first-order valence-electron chi connectivity index (χ1n) is 9.42. The third kappa shape index (κ3) is 5.54. The van der Waals surface area contributed by atoms with Crippen LogP contribution in [0.2, 0.25) is 0 Å². The first-order chi connectivity index (χ1) is 13.2. The van der Waals surface area contributed by atoms with E-state index in [9.17, 15) is 4.79 Å². The van der Waals surface area contributed by atoms with Gasteiger partial charge in [-0.3, -0.25) is 4.79 Å². The first kappa shape index (κ1) is 19.4. The number of thiophene rings is 1. The van der Waals surface area contributed by atoms with Crippen molar-refractivity contribution in [1.82, 2.24) is 0 Å². The predicted molar refractivity (Wildman–Crippen MR) is 113 cm³/mol. The quantitative estimate of drug-likeness (QED) is 0.320. The molecule has 1 heterocycles. The van der Waals surface area contributed by atoms with Crippen LogP contribution >= 0.6 is 11.3 Å². The molecule has 0 saturated carbocycles. The first-order valence-corrected chi connectivity index (χ1v) is 10.4. The van der Waals surface area contributed by atoms with E-state index in [4.69, 9.17) is 4.74 Å². The summed E-state index contributed by atoms with van der Waals surface area (Å²) >= 11 is 1.76. The maximum atomic E-state index is 10.7. The molecule has 0 spiro atoms. The van der Waals surface area contributed by atoms with Crippen molar-refractivity contribution in [2.24, 2.45) is 0 Å². The Balaban J connectivity index is 1.57. The molecular formula is C24H26O2S. The normalized spacial score (nSPS) is 11.9. The van der Waals surface area contributed by atoms with Crippen LogP contribution in [0, 0.1) is 13.8 Å². The van der Waals surface area contributed by atoms with Crippen molar-refractivity contribution in [3.8, 4) is 5.75 Å². The molecule has 0 aliphatic heterocycles. The zero-order valence-corrected chi connectivity index (χ0v) is 16.8. The maximum Gasteiger partial charge on any atom is 0.150 e. The second kappa shape index (κ2) is 9.52. The van der Waals surface area contributed by atoms with Gasteiger partial charge in [-0.25, -0.2) is 0 Å². The van der Waals surface area contributed by atoms with Crippen molar-refractivity contribution in [3.63, 3.8) is 0 Å². The van der Waals surface area contributed by atoms with Crippen LogP contribution < -0.4 is 4.74 Å². The fourth-order valence-electron chi connectivity index (χ4n) is 3.27. The SMILES string of the molecule is Cc1ccc(CC(CCCOc2ccc(C=O)cc2)c2ccsc2)cc1C. The molecule has 3 heteroatoms. The molecule has 2 nitrogen and oxygen atoms in total. The van der Waals surface area contributed by atoms with E-state index >= 15 is 0 Å². The van der Waals surface area contributed by atoms with E-state index in [1.165, 1.54) is 22.3 Å². The highest BCUT2D eigenvalue weighted by Gasteiger charge is 2.13. The van der Waals surface area contributed by atoms with E-state index in [0.29, 0.717) is 18.1 Å². The highest BCUT2D eigenvalue weighted by Crippen LogP contribution is 2.28. The van der Waals surface area contributed by atoms with E-state index in [2.05, 4.69) is 48.9 Å². The minimum absolute atomic E-state index is 0.513. The summed E-state index contributed by atoms with van der Waals surface area (Å²) in [6.07, 6.45) is 4.00. The molecule has 0 fully saturated rings. The standard InChI is InChI=1S/C24H26O2S/c1-18-5-6-21(14-19(18)2)15-22(23-11-13-27-17-23)4-3-12-26-24-9-7-20(16-25)8-10-24/h5-11,13-14,16-17,22H,3-4,12,15H2,1-2H3. The summed E-state index contributed by atoms with van der Waals surface area (Å²) in [5.74, 6) is 1.33. The second-order valence-corrected chi connectivity index (χ2v) is 7.83. The Kier molecular flexibility index (Phi) is 6.83. The monoisotopic (exact) mass is 378 g/mol. The van der Waals surface area contributed by atoms with Gasteiger partial charge in [0.25, 0.3) is 0 Å². The van der Waals surface area contributed by atoms with Gasteiger partial charge in [0.1, 0.15) is 12.0 Å². The van der Waals surface area contributed by atoms with E-state index in [1.807, 2.05) is 12.1 Å². The third-order valence-corrected chi connectivity index (χ3v) is 5.75. The Bertz CT molecular complexity index is 851. The van der Waals surface area contributed by atoms with Crippen LogP contribution in [0.5, 0.6) is 5.75 Å². The summed E-state index contributed by atoms with van der Waals surface area (Å²) < 4.78 is 5.84. The Morgan fingerprint density at radius 1 is 1.04 bits per heavy atom. The molecule has 140 valence electrons. The van der Waals surface area contributed by atoms with Crippen molar-refractivity contribution in [2.75, 3.05) is 6.61 Å². The van der Waals surface area contributed by atoms with E-state index in [1.54, 1.807) is 23.5 Å². The minimum Gasteiger partial charge on any atom is -0.494 e. The van der Waals surface area contributed by atoms with Crippen LogP contribution in [0.1, 0.15) is 51.4 Å². The second-order valence-electron chi connectivity index (χ2n) is 7.05. The van der Waals surface area contributed by atoms with E-state index in [-0.39, 0.29) is 0 Å². The molecule has 1 atom stereocenters. The van der Waals surface area contributed by atoms with Crippen LogP contribution in [0.3, 0.4) is 0 Å². The van der Waals surface area contributed by atoms with Gasteiger partial charge >= 0.3 is 0 Å². The molecule has 0 aliphatic rings.